The van der Waals surface area contributed by atoms with Crippen molar-refractivity contribution in [2.24, 2.45) is 0 Å². The first-order valence-electron chi connectivity index (χ1n) is 10.3. The number of nitrogens with two attached hydrogens (primary N) is 1. The van der Waals surface area contributed by atoms with Crippen molar-refractivity contribution in [3.05, 3.63) is 73.4 Å². The monoisotopic (exact) mass is 415 g/mol. The SMILES string of the molecule is C=CC(=O)N1CCCC(Nc2nc(N)ncc2-c2ccc(Oc3ccccc3)cc2)C1. The van der Waals surface area contributed by atoms with Crippen molar-refractivity contribution in [1.82, 2.24) is 14.9 Å². The van der Waals surface area contributed by atoms with E-state index in [4.69, 9.17) is 10.5 Å². The lowest BCUT2D eigenvalue weighted by molar-refractivity contribution is -0.127. The second-order valence-electron chi connectivity index (χ2n) is 7.40. The summed E-state index contributed by atoms with van der Waals surface area (Å²) in [6, 6.07) is 17.5. The third-order valence-electron chi connectivity index (χ3n) is 5.20. The standard InChI is InChI=1S/C24H25N5O2/c1-2-22(30)29-14-6-7-18(16-29)27-23-21(15-26-24(25)28-23)17-10-12-20(13-11-17)31-19-8-4-3-5-9-19/h2-5,8-13,15,18H,1,6-7,14,16H2,(H3,25,26,27,28). The summed E-state index contributed by atoms with van der Waals surface area (Å²) in [4.78, 5) is 22.4. The number of hydrogen-bond donors (Lipinski definition) is 2. The van der Waals surface area contributed by atoms with E-state index in [1.807, 2.05) is 54.6 Å². The van der Waals surface area contributed by atoms with Gasteiger partial charge < -0.3 is 20.7 Å². The fraction of sp³-hybridized carbons (Fsp3) is 0.208. The number of ether oxygens (including phenoxy) is 1. The lowest BCUT2D eigenvalue weighted by Crippen LogP contribution is -2.44. The van der Waals surface area contributed by atoms with Crippen LogP contribution in [0.2, 0.25) is 0 Å². The highest BCUT2D eigenvalue weighted by Gasteiger charge is 2.23. The van der Waals surface area contributed by atoms with Gasteiger partial charge in [-0.15, -0.1) is 0 Å². The van der Waals surface area contributed by atoms with Gasteiger partial charge in [0, 0.05) is 30.9 Å². The molecule has 1 fully saturated rings. The Morgan fingerprint density at radius 3 is 2.65 bits per heavy atom. The van der Waals surface area contributed by atoms with E-state index in [0.717, 1.165) is 42.0 Å². The van der Waals surface area contributed by atoms with Crippen LogP contribution in [0.15, 0.2) is 73.4 Å². The Bertz CT molecular complexity index is 1050. The second-order valence-corrected chi connectivity index (χ2v) is 7.40. The lowest BCUT2D eigenvalue weighted by Gasteiger charge is -2.33. The Kier molecular flexibility index (Phi) is 6.12. The van der Waals surface area contributed by atoms with Gasteiger partial charge in [-0.3, -0.25) is 4.79 Å². The Morgan fingerprint density at radius 1 is 1.16 bits per heavy atom. The van der Waals surface area contributed by atoms with E-state index in [2.05, 4.69) is 21.9 Å². The van der Waals surface area contributed by atoms with Crippen molar-refractivity contribution >= 4 is 17.7 Å². The van der Waals surface area contributed by atoms with Crippen LogP contribution in [-0.4, -0.2) is 39.9 Å². The summed E-state index contributed by atoms with van der Waals surface area (Å²) < 4.78 is 5.87. The van der Waals surface area contributed by atoms with Crippen LogP contribution in [0.1, 0.15) is 12.8 Å². The number of benzene rings is 2. The van der Waals surface area contributed by atoms with Crippen LogP contribution in [0.3, 0.4) is 0 Å². The zero-order valence-corrected chi connectivity index (χ0v) is 17.2. The maximum absolute atomic E-state index is 12.0. The van der Waals surface area contributed by atoms with Gasteiger partial charge in [0.05, 0.1) is 0 Å². The van der Waals surface area contributed by atoms with Gasteiger partial charge >= 0.3 is 0 Å². The summed E-state index contributed by atoms with van der Waals surface area (Å²) in [5, 5.41) is 3.46. The number of nitrogens with zero attached hydrogens (tertiary/aromatic N) is 3. The van der Waals surface area contributed by atoms with E-state index < -0.39 is 0 Å². The number of nitrogen functional groups attached to an aromatic ring is 1. The van der Waals surface area contributed by atoms with E-state index >= 15 is 0 Å². The van der Waals surface area contributed by atoms with Crippen molar-refractivity contribution in [1.29, 1.82) is 0 Å². The molecular weight excluding hydrogens is 390 g/mol. The number of carbonyl (C=O) groups is 1. The van der Waals surface area contributed by atoms with Crippen LogP contribution in [0, 0.1) is 0 Å². The topological polar surface area (TPSA) is 93.4 Å². The quantitative estimate of drug-likeness (QED) is 0.589. The molecule has 1 saturated heterocycles. The molecule has 2 aromatic carbocycles. The molecule has 3 aromatic rings. The Morgan fingerprint density at radius 2 is 1.90 bits per heavy atom. The molecule has 1 unspecified atom stereocenters. The normalized spacial score (nSPS) is 15.9. The van der Waals surface area contributed by atoms with Crippen LogP contribution >= 0.6 is 0 Å². The molecule has 2 heterocycles. The van der Waals surface area contributed by atoms with Gasteiger partial charge in [-0.05, 0) is 48.7 Å². The fourth-order valence-corrected chi connectivity index (χ4v) is 3.66. The zero-order valence-electron chi connectivity index (χ0n) is 17.2. The van der Waals surface area contributed by atoms with Crippen LogP contribution in [-0.2, 0) is 4.79 Å². The number of piperidine rings is 1. The minimum Gasteiger partial charge on any atom is -0.457 e. The smallest absolute Gasteiger partial charge is 0.246 e. The number of rotatable bonds is 6. The molecule has 7 nitrogen and oxygen atoms in total. The summed E-state index contributed by atoms with van der Waals surface area (Å²) in [5.41, 5.74) is 7.64. The van der Waals surface area contributed by atoms with E-state index in [0.29, 0.717) is 12.4 Å². The van der Waals surface area contributed by atoms with E-state index in [-0.39, 0.29) is 17.9 Å². The molecule has 1 aromatic heterocycles. The van der Waals surface area contributed by atoms with E-state index in [1.54, 1.807) is 11.1 Å². The largest absolute Gasteiger partial charge is 0.457 e. The first kappa shape index (κ1) is 20.4. The number of likely N-dealkylation sites (tertiary alicyclic amines) is 1. The van der Waals surface area contributed by atoms with Gasteiger partial charge in [-0.2, -0.15) is 4.98 Å². The Hall–Kier alpha value is -3.87. The number of hydrogen-bond acceptors (Lipinski definition) is 6. The number of anilines is 2. The minimum atomic E-state index is -0.0528. The lowest BCUT2D eigenvalue weighted by atomic mass is 10.0. The van der Waals surface area contributed by atoms with Crippen molar-refractivity contribution in [3.8, 4) is 22.6 Å². The third kappa shape index (κ3) is 5.01. The summed E-state index contributed by atoms with van der Waals surface area (Å²) >= 11 is 0. The Balaban J connectivity index is 1.53. The fourth-order valence-electron chi connectivity index (χ4n) is 3.66. The van der Waals surface area contributed by atoms with Crippen molar-refractivity contribution in [3.63, 3.8) is 0 Å². The second kappa shape index (κ2) is 9.30. The number of nitrogens with one attached hydrogen (secondary N) is 1. The predicted octanol–water partition coefficient (Wildman–Crippen LogP) is 4.11. The molecule has 0 saturated carbocycles. The number of aromatic nitrogens is 2. The van der Waals surface area contributed by atoms with Crippen LogP contribution < -0.4 is 15.8 Å². The zero-order chi connectivity index (χ0) is 21.6. The van der Waals surface area contributed by atoms with Gasteiger partial charge in [0.2, 0.25) is 11.9 Å². The molecule has 0 bridgehead atoms. The highest BCUT2D eigenvalue weighted by atomic mass is 16.5. The summed E-state index contributed by atoms with van der Waals surface area (Å²) in [5.74, 6) is 2.33. The maximum Gasteiger partial charge on any atom is 0.246 e. The molecule has 1 aliphatic heterocycles. The maximum atomic E-state index is 12.0. The van der Waals surface area contributed by atoms with Crippen molar-refractivity contribution in [2.75, 3.05) is 24.1 Å². The minimum absolute atomic E-state index is 0.0528. The first-order valence-corrected chi connectivity index (χ1v) is 10.3. The average molecular weight is 415 g/mol. The van der Waals surface area contributed by atoms with Gasteiger partial charge in [-0.25, -0.2) is 4.98 Å². The van der Waals surface area contributed by atoms with E-state index in [1.165, 1.54) is 6.08 Å². The van der Waals surface area contributed by atoms with Gasteiger partial charge in [-0.1, -0.05) is 36.9 Å². The first-order chi connectivity index (χ1) is 15.1. The molecule has 1 aliphatic rings. The van der Waals surface area contributed by atoms with Gasteiger partial charge in [0.1, 0.15) is 17.3 Å². The van der Waals surface area contributed by atoms with Crippen molar-refractivity contribution in [2.45, 2.75) is 18.9 Å². The molecule has 0 radical (unpaired) electrons. The summed E-state index contributed by atoms with van der Waals surface area (Å²) in [7, 11) is 0. The molecule has 7 heteroatoms. The third-order valence-corrected chi connectivity index (χ3v) is 5.20. The molecule has 158 valence electrons. The predicted molar refractivity (Wildman–Crippen MR) is 122 cm³/mol. The molecule has 3 N–H and O–H groups in total. The Labute approximate surface area is 181 Å². The van der Waals surface area contributed by atoms with Gasteiger partial charge in [0.25, 0.3) is 0 Å². The van der Waals surface area contributed by atoms with E-state index in [9.17, 15) is 4.79 Å². The van der Waals surface area contributed by atoms with Crippen LogP contribution in [0.4, 0.5) is 11.8 Å². The molecule has 1 atom stereocenters. The number of carbonyl (C=O) groups excluding carboxylic acids is 1. The summed E-state index contributed by atoms with van der Waals surface area (Å²) in [6.45, 7) is 4.92. The molecule has 4 rings (SSSR count). The van der Waals surface area contributed by atoms with Crippen molar-refractivity contribution < 1.29 is 9.53 Å². The van der Waals surface area contributed by atoms with Gasteiger partial charge in [0.15, 0.2) is 0 Å². The highest BCUT2D eigenvalue weighted by Crippen LogP contribution is 2.30. The molecule has 1 amide bonds. The highest BCUT2D eigenvalue weighted by molar-refractivity contribution is 5.87. The number of para-hydroxylation sites is 1. The van der Waals surface area contributed by atoms with Crippen LogP contribution in [0.25, 0.3) is 11.1 Å². The molecule has 31 heavy (non-hydrogen) atoms. The molecule has 0 spiro atoms. The van der Waals surface area contributed by atoms with Crippen LogP contribution in [0.5, 0.6) is 11.5 Å². The molecular formula is C24H25N5O2. The average Bonchev–Trinajstić information content (AvgIpc) is 2.80. The number of amides is 1. The summed E-state index contributed by atoms with van der Waals surface area (Å²) in [6.07, 6.45) is 4.93. The molecule has 0 aliphatic carbocycles.